The van der Waals surface area contributed by atoms with Crippen LogP contribution in [0.1, 0.15) is 12.5 Å². The highest BCUT2D eigenvalue weighted by atomic mass is 35.5. The molecule has 1 aromatic rings. The minimum atomic E-state index is 0.120. The fourth-order valence-electron chi connectivity index (χ4n) is 1.49. The van der Waals surface area contributed by atoms with Gasteiger partial charge in [-0.2, -0.15) is 0 Å². The second-order valence-corrected chi connectivity index (χ2v) is 4.51. The van der Waals surface area contributed by atoms with Crippen molar-refractivity contribution < 1.29 is 9.47 Å². The first kappa shape index (κ1) is 13.9. The van der Waals surface area contributed by atoms with Crippen molar-refractivity contribution in [2.45, 2.75) is 19.4 Å². The normalized spacial score (nSPS) is 12.0. The zero-order valence-electron chi connectivity index (χ0n) is 10.2. The number of benzene rings is 1. The first-order valence-electron chi connectivity index (χ1n) is 5.41. The number of halogens is 1. The van der Waals surface area contributed by atoms with E-state index in [9.17, 15) is 0 Å². The largest absolute Gasteiger partial charge is 0.493 e. The summed E-state index contributed by atoms with van der Waals surface area (Å²) in [5, 5.41) is 0.451. The Kier molecular flexibility index (Phi) is 5.32. The zero-order chi connectivity index (χ0) is 12.8. The minimum absolute atomic E-state index is 0.120. The summed E-state index contributed by atoms with van der Waals surface area (Å²) in [5.74, 6) is 1.34. The molecule has 0 radical (unpaired) electrons. The third-order valence-corrected chi connectivity index (χ3v) is 2.28. The van der Waals surface area contributed by atoms with Gasteiger partial charge in [0.05, 0.1) is 7.11 Å². The highest BCUT2D eigenvalue weighted by Crippen LogP contribution is 2.28. The van der Waals surface area contributed by atoms with Crippen LogP contribution in [0, 0.1) is 0 Å². The summed E-state index contributed by atoms with van der Waals surface area (Å²) in [6.45, 7) is 5.80. The molecule has 1 atom stereocenters. The van der Waals surface area contributed by atoms with Gasteiger partial charge in [0.2, 0.25) is 0 Å². The lowest BCUT2D eigenvalue weighted by Crippen LogP contribution is -2.17. The number of nitrogens with two attached hydrogens (primary N) is 1. The van der Waals surface area contributed by atoms with E-state index in [2.05, 4.69) is 6.58 Å². The summed E-state index contributed by atoms with van der Waals surface area (Å²) >= 11 is 5.65. The summed E-state index contributed by atoms with van der Waals surface area (Å²) in [4.78, 5) is 0. The van der Waals surface area contributed by atoms with Crippen molar-refractivity contribution in [1.82, 2.24) is 0 Å². The third-order valence-electron chi connectivity index (χ3n) is 2.17. The van der Waals surface area contributed by atoms with Crippen LogP contribution in [-0.4, -0.2) is 19.8 Å². The molecular weight excluding hydrogens is 238 g/mol. The molecule has 0 spiro atoms. The number of hydrogen-bond donors (Lipinski definition) is 1. The summed E-state index contributed by atoms with van der Waals surface area (Å²) in [6.07, 6.45) is 0.804. The van der Waals surface area contributed by atoms with E-state index in [1.807, 2.05) is 25.1 Å². The standard InChI is InChI=1S/C13H18ClNO2/c1-9(14)8-17-12-5-4-11(6-10(2)15)7-13(12)16-3/h4-5,7,10H,1,6,8,15H2,2-3H3. The van der Waals surface area contributed by atoms with Crippen LogP contribution in [0.2, 0.25) is 0 Å². The topological polar surface area (TPSA) is 44.5 Å². The Bertz CT molecular complexity index is 391. The van der Waals surface area contributed by atoms with Gasteiger partial charge in [-0.15, -0.1) is 0 Å². The van der Waals surface area contributed by atoms with Crippen molar-refractivity contribution in [2.24, 2.45) is 5.73 Å². The monoisotopic (exact) mass is 255 g/mol. The molecule has 3 nitrogen and oxygen atoms in total. The van der Waals surface area contributed by atoms with E-state index in [-0.39, 0.29) is 12.6 Å². The quantitative estimate of drug-likeness (QED) is 0.850. The Hall–Kier alpha value is -1.19. The summed E-state index contributed by atoms with van der Waals surface area (Å²) < 4.78 is 10.7. The first-order chi connectivity index (χ1) is 8.02. The lowest BCUT2D eigenvalue weighted by Gasteiger charge is -2.12. The molecule has 94 valence electrons. The smallest absolute Gasteiger partial charge is 0.161 e. The Morgan fingerprint density at radius 1 is 1.47 bits per heavy atom. The molecule has 2 N–H and O–H groups in total. The van der Waals surface area contributed by atoms with E-state index in [4.69, 9.17) is 26.8 Å². The molecule has 1 aromatic carbocycles. The molecule has 4 heteroatoms. The molecular formula is C13H18ClNO2. The third kappa shape index (κ3) is 4.67. The van der Waals surface area contributed by atoms with Crippen molar-refractivity contribution in [3.63, 3.8) is 0 Å². The maximum atomic E-state index is 5.75. The van der Waals surface area contributed by atoms with Crippen LogP contribution in [0.4, 0.5) is 0 Å². The van der Waals surface area contributed by atoms with Gasteiger partial charge in [-0.05, 0) is 31.0 Å². The second-order valence-electron chi connectivity index (χ2n) is 3.97. The van der Waals surface area contributed by atoms with Crippen LogP contribution < -0.4 is 15.2 Å². The van der Waals surface area contributed by atoms with E-state index in [0.717, 1.165) is 12.0 Å². The number of ether oxygens (including phenoxy) is 2. The van der Waals surface area contributed by atoms with Crippen LogP contribution in [0.25, 0.3) is 0 Å². The Morgan fingerprint density at radius 2 is 2.18 bits per heavy atom. The molecule has 0 aromatic heterocycles. The van der Waals surface area contributed by atoms with Crippen molar-refractivity contribution in [3.05, 3.63) is 35.4 Å². The Morgan fingerprint density at radius 3 is 2.71 bits per heavy atom. The van der Waals surface area contributed by atoms with Crippen LogP contribution in [-0.2, 0) is 6.42 Å². The fraction of sp³-hybridized carbons (Fsp3) is 0.385. The molecule has 17 heavy (non-hydrogen) atoms. The van der Waals surface area contributed by atoms with Gasteiger partial charge in [-0.3, -0.25) is 0 Å². The van der Waals surface area contributed by atoms with Gasteiger partial charge in [0.15, 0.2) is 11.5 Å². The highest BCUT2D eigenvalue weighted by molar-refractivity contribution is 6.29. The van der Waals surface area contributed by atoms with Crippen molar-refractivity contribution in [2.75, 3.05) is 13.7 Å². The van der Waals surface area contributed by atoms with E-state index in [1.165, 1.54) is 0 Å². The van der Waals surface area contributed by atoms with Gasteiger partial charge in [0, 0.05) is 11.1 Å². The molecule has 1 unspecified atom stereocenters. The van der Waals surface area contributed by atoms with Crippen molar-refractivity contribution >= 4 is 11.6 Å². The summed E-state index contributed by atoms with van der Waals surface area (Å²) in [7, 11) is 1.60. The van der Waals surface area contributed by atoms with E-state index >= 15 is 0 Å². The van der Waals surface area contributed by atoms with Crippen LogP contribution >= 0.6 is 11.6 Å². The minimum Gasteiger partial charge on any atom is -0.493 e. The van der Waals surface area contributed by atoms with Gasteiger partial charge in [0.1, 0.15) is 6.61 Å². The van der Waals surface area contributed by atoms with E-state index in [0.29, 0.717) is 16.5 Å². The fourth-order valence-corrected chi connectivity index (χ4v) is 1.54. The highest BCUT2D eigenvalue weighted by Gasteiger charge is 2.07. The van der Waals surface area contributed by atoms with Gasteiger partial charge in [0.25, 0.3) is 0 Å². The molecule has 0 saturated heterocycles. The molecule has 0 bridgehead atoms. The zero-order valence-corrected chi connectivity index (χ0v) is 11.0. The molecule has 0 fully saturated rings. The number of hydrogen-bond acceptors (Lipinski definition) is 3. The lowest BCUT2D eigenvalue weighted by molar-refractivity contribution is 0.324. The predicted molar refractivity (Wildman–Crippen MR) is 70.8 cm³/mol. The average molecular weight is 256 g/mol. The van der Waals surface area contributed by atoms with Gasteiger partial charge >= 0.3 is 0 Å². The lowest BCUT2D eigenvalue weighted by atomic mass is 10.1. The SMILES string of the molecule is C=C(Cl)COc1ccc(CC(C)N)cc1OC. The molecule has 0 saturated carbocycles. The molecule has 1 rings (SSSR count). The maximum Gasteiger partial charge on any atom is 0.161 e. The predicted octanol–water partition coefficient (Wildman–Crippen LogP) is 2.72. The van der Waals surface area contributed by atoms with Crippen LogP contribution in [0.5, 0.6) is 11.5 Å². The average Bonchev–Trinajstić information content (AvgIpc) is 2.26. The second kappa shape index (κ2) is 6.52. The van der Waals surface area contributed by atoms with Crippen molar-refractivity contribution in [1.29, 1.82) is 0 Å². The molecule has 0 amide bonds. The number of rotatable bonds is 6. The van der Waals surface area contributed by atoms with Crippen LogP contribution in [0.15, 0.2) is 29.8 Å². The Labute approximate surface area is 107 Å². The van der Waals surface area contributed by atoms with Crippen molar-refractivity contribution in [3.8, 4) is 11.5 Å². The molecule has 0 aliphatic heterocycles. The van der Waals surface area contributed by atoms with Crippen LogP contribution in [0.3, 0.4) is 0 Å². The van der Waals surface area contributed by atoms with Gasteiger partial charge < -0.3 is 15.2 Å². The van der Waals surface area contributed by atoms with Gasteiger partial charge in [-0.25, -0.2) is 0 Å². The summed E-state index contributed by atoms with van der Waals surface area (Å²) in [5.41, 5.74) is 6.87. The number of methoxy groups -OCH3 is 1. The maximum absolute atomic E-state index is 5.75. The van der Waals surface area contributed by atoms with E-state index in [1.54, 1.807) is 7.11 Å². The first-order valence-corrected chi connectivity index (χ1v) is 5.79. The molecule has 0 aliphatic carbocycles. The molecule has 0 aliphatic rings. The van der Waals surface area contributed by atoms with Gasteiger partial charge in [-0.1, -0.05) is 24.2 Å². The van der Waals surface area contributed by atoms with E-state index < -0.39 is 0 Å². The summed E-state index contributed by atoms with van der Waals surface area (Å²) in [6, 6.07) is 5.87. The Balaban J connectivity index is 2.81. The molecule has 0 heterocycles.